The van der Waals surface area contributed by atoms with Gasteiger partial charge in [0.15, 0.2) is 5.78 Å². The molecule has 1 aliphatic carbocycles. The lowest BCUT2D eigenvalue weighted by molar-refractivity contribution is -0.123. The minimum Gasteiger partial charge on any atom is -0.352 e. The number of Topliss-reactive ketones (excluding diaryl/α,β-unsaturated/α-hetero) is 1. The fourth-order valence-electron chi connectivity index (χ4n) is 3.75. The van der Waals surface area contributed by atoms with Crippen molar-refractivity contribution in [3.05, 3.63) is 35.6 Å². The van der Waals surface area contributed by atoms with Crippen LogP contribution in [0.3, 0.4) is 0 Å². The van der Waals surface area contributed by atoms with E-state index in [1.807, 2.05) is 0 Å². The van der Waals surface area contributed by atoms with Crippen molar-refractivity contribution >= 4 is 11.7 Å². The molecule has 0 aromatic heterocycles. The zero-order valence-corrected chi connectivity index (χ0v) is 14.0. The maximum absolute atomic E-state index is 13.0. The molecule has 130 valence electrons. The number of likely N-dealkylation sites (tertiary alicyclic amines) is 1. The molecular weight excluding hydrogens is 307 g/mol. The Hall–Kier alpha value is -1.75. The molecule has 1 amide bonds. The Morgan fingerprint density at radius 1 is 1.04 bits per heavy atom. The lowest BCUT2D eigenvalue weighted by atomic mass is 9.89. The van der Waals surface area contributed by atoms with Crippen LogP contribution in [0, 0.1) is 11.7 Å². The standard InChI is InChI=1S/C19H25FN2O2/c20-16-7-5-14(6-8-16)19(24)15-9-11-22(12-10-15)13-18(23)21-17-3-1-2-4-17/h5-8,15,17H,1-4,9-13H2,(H,21,23). The highest BCUT2D eigenvalue weighted by atomic mass is 19.1. The molecule has 1 saturated carbocycles. The number of rotatable bonds is 5. The molecule has 24 heavy (non-hydrogen) atoms. The molecule has 2 fully saturated rings. The van der Waals surface area contributed by atoms with E-state index < -0.39 is 0 Å². The normalized spacial score (nSPS) is 20.2. The van der Waals surface area contributed by atoms with Crippen LogP contribution in [-0.2, 0) is 4.79 Å². The average molecular weight is 332 g/mol. The van der Waals surface area contributed by atoms with Crippen LogP contribution in [0.4, 0.5) is 4.39 Å². The van der Waals surface area contributed by atoms with Crippen molar-refractivity contribution in [2.24, 2.45) is 5.92 Å². The van der Waals surface area contributed by atoms with E-state index in [0.717, 1.165) is 38.8 Å². The number of benzene rings is 1. The summed E-state index contributed by atoms with van der Waals surface area (Å²) in [5.41, 5.74) is 0.578. The van der Waals surface area contributed by atoms with Gasteiger partial charge in [0.05, 0.1) is 6.54 Å². The molecule has 1 aromatic carbocycles. The van der Waals surface area contributed by atoms with Crippen molar-refractivity contribution in [2.75, 3.05) is 19.6 Å². The van der Waals surface area contributed by atoms with Crippen molar-refractivity contribution in [1.29, 1.82) is 0 Å². The van der Waals surface area contributed by atoms with E-state index in [4.69, 9.17) is 0 Å². The maximum Gasteiger partial charge on any atom is 0.234 e. The van der Waals surface area contributed by atoms with Gasteiger partial charge in [0.1, 0.15) is 5.82 Å². The lowest BCUT2D eigenvalue weighted by Crippen LogP contribution is -2.44. The summed E-state index contributed by atoms with van der Waals surface area (Å²) in [7, 11) is 0. The monoisotopic (exact) mass is 332 g/mol. The summed E-state index contributed by atoms with van der Waals surface area (Å²) in [6.45, 7) is 1.94. The summed E-state index contributed by atoms with van der Waals surface area (Å²) in [5.74, 6) is -0.158. The first-order chi connectivity index (χ1) is 11.6. The third-order valence-electron chi connectivity index (χ3n) is 5.17. The third-order valence-corrected chi connectivity index (χ3v) is 5.17. The molecule has 0 unspecified atom stereocenters. The van der Waals surface area contributed by atoms with E-state index in [2.05, 4.69) is 10.2 Å². The quantitative estimate of drug-likeness (QED) is 0.844. The van der Waals surface area contributed by atoms with Crippen LogP contribution in [0.25, 0.3) is 0 Å². The maximum atomic E-state index is 13.0. The second-order valence-corrected chi connectivity index (χ2v) is 6.97. The van der Waals surface area contributed by atoms with Crippen molar-refractivity contribution < 1.29 is 14.0 Å². The highest BCUT2D eigenvalue weighted by molar-refractivity contribution is 5.97. The minimum atomic E-state index is -0.324. The van der Waals surface area contributed by atoms with Crippen molar-refractivity contribution in [3.63, 3.8) is 0 Å². The van der Waals surface area contributed by atoms with Gasteiger partial charge in [0.25, 0.3) is 0 Å². The van der Waals surface area contributed by atoms with Gasteiger partial charge in [0, 0.05) is 17.5 Å². The first-order valence-corrected chi connectivity index (χ1v) is 8.93. The number of hydrogen-bond acceptors (Lipinski definition) is 3. The SMILES string of the molecule is O=C(CN1CCC(C(=O)c2ccc(F)cc2)CC1)NC1CCCC1. The first-order valence-electron chi connectivity index (χ1n) is 8.93. The smallest absolute Gasteiger partial charge is 0.234 e. The van der Waals surface area contributed by atoms with E-state index >= 15 is 0 Å². The Kier molecular flexibility index (Phi) is 5.61. The molecule has 0 radical (unpaired) electrons. The number of hydrogen-bond donors (Lipinski definition) is 1. The summed E-state index contributed by atoms with van der Waals surface area (Å²) in [6, 6.07) is 6.12. The van der Waals surface area contributed by atoms with E-state index in [0.29, 0.717) is 18.2 Å². The second-order valence-electron chi connectivity index (χ2n) is 6.97. The van der Waals surface area contributed by atoms with Crippen LogP contribution in [0.2, 0.25) is 0 Å². The number of amides is 1. The number of ketones is 1. The molecule has 4 nitrogen and oxygen atoms in total. The van der Waals surface area contributed by atoms with Gasteiger partial charge in [-0.3, -0.25) is 14.5 Å². The molecule has 1 saturated heterocycles. The van der Waals surface area contributed by atoms with Gasteiger partial charge in [-0.1, -0.05) is 12.8 Å². The summed E-state index contributed by atoms with van der Waals surface area (Å²) in [4.78, 5) is 26.7. The number of carbonyl (C=O) groups excluding carboxylic acids is 2. The Balaban J connectivity index is 1.44. The van der Waals surface area contributed by atoms with E-state index in [9.17, 15) is 14.0 Å². The molecule has 0 bridgehead atoms. The summed E-state index contributed by atoms with van der Waals surface area (Å²) in [5, 5.41) is 3.11. The van der Waals surface area contributed by atoms with Gasteiger partial charge in [-0.05, 0) is 63.0 Å². The Labute approximate surface area is 142 Å². The van der Waals surface area contributed by atoms with Gasteiger partial charge in [0.2, 0.25) is 5.91 Å². The Bertz CT molecular complexity index is 574. The number of nitrogens with one attached hydrogen (secondary N) is 1. The topological polar surface area (TPSA) is 49.4 Å². The van der Waals surface area contributed by atoms with Crippen LogP contribution in [0.15, 0.2) is 24.3 Å². The van der Waals surface area contributed by atoms with Crippen molar-refractivity contribution in [1.82, 2.24) is 10.2 Å². The zero-order chi connectivity index (χ0) is 16.9. The first kappa shape index (κ1) is 17.1. The lowest BCUT2D eigenvalue weighted by Gasteiger charge is -2.31. The van der Waals surface area contributed by atoms with Crippen LogP contribution in [0.5, 0.6) is 0 Å². The molecule has 1 N–H and O–H groups in total. The fraction of sp³-hybridized carbons (Fsp3) is 0.579. The van der Waals surface area contributed by atoms with Gasteiger partial charge >= 0.3 is 0 Å². The molecule has 1 aliphatic heterocycles. The third kappa shape index (κ3) is 4.41. The van der Waals surface area contributed by atoms with Crippen LogP contribution in [0.1, 0.15) is 48.9 Å². The summed E-state index contributed by atoms with van der Waals surface area (Å²) < 4.78 is 13.0. The zero-order valence-electron chi connectivity index (χ0n) is 14.0. The molecule has 3 rings (SSSR count). The molecule has 5 heteroatoms. The predicted molar refractivity (Wildman–Crippen MR) is 90.3 cm³/mol. The number of halogens is 1. The molecule has 1 aromatic rings. The Morgan fingerprint density at radius 2 is 1.67 bits per heavy atom. The largest absolute Gasteiger partial charge is 0.352 e. The van der Waals surface area contributed by atoms with Gasteiger partial charge in [-0.2, -0.15) is 0 Å². The van der Waals surface area contributed by atoms with Crippen LogP contribution < -0.4 is 5.32 Å². The van der Waals surface area contributed by atoms with Crippen LogP contribution in [-0.4, -0.2) is 42.3 Å². The van der Waals surface area contributed by atoms with Crippen molar-refractivity contribution in [2.45, 2.75) is 44.6 Å². The predicted octanol–water partition coefficient (Wildman–Crippen LogP) is 2.78. The van der Waals surface area contributed by atoms with E-state index in [1.54, 1.807) is 12.1 Å². The Morgan fingerprint density at radius 3 is 2.29 bits per heavy atom. The molecule has 2 aliphatic rings. The number of carbonyl (C=O) groups is 2. The number of nitrogens with zero attached hydrogens (tertiary/aromatic N) is 1. The fourth-order valence-corrected chi connectivity index (χ4v) is 3.75. The van der Waals surface area contributed by atoms with Crippen LogP contribution >= 0.6 is 0 Å². The van der Waals surface area contributed by atoms with Gasteiger partial charge in [-0.25, -0.2) is 4.39 Å². The molecule has 1 heterocycles. The van der Waals surface area contributed by atoms with E-state index in [-0.39, 0.29) is 23.4 Å². The molecule has 0 atom stereocenters. The van der Waals surface area contributed by atoms with Gasteiger partial charge < -0.3 is 5.32 Å². The highest BCUT2D eigenvalue weighted by Gasteiger charge is 2.27. The van der Waals surface area contributed by atoms with Crippen molar-refractivity contribution in [3.8, 4) is 0 Å². The minimum absolute atomic E-state index is 0.0235. The van der Waals surface area contributed by atoms with Gasteiger partial charge in [-0.15, -0.1) is 0 Å². The summed E-state index contributed by atoms with van der Waals surface area (Å²) in [6.07, 6.45) is 6.13. The second kappa shape index (κ2) is 7.88. The number of piperidine rings is 1. The molecule has 0 spiro atoms. The summed E-state index contributed by atoms with van der Waals surface area (Å²) >= 11 is 0. The average Bonchev–Trinajstić information content (AvgIpc) is 3.08. The van der Waals surface area contributed by atoms with E-state index in [1.165, 1.54) is 25.0 Å². The highest BCUT2D eigenvalue weighted by Crippen LogP contribution is 2.22. The molecular formula is C19H25FN2O2.